The zero-order valence-corrected chi connectivity index (χ0v) is 10.6. The van der Waals surface area contributed by atoms with Gasteiger partial charge in [-0.3, -0.25) is 9.59 Å². The van der Waals surface area contributed by atoms with E-state index in [-0.39, 0.29) is 11.3 Å². The van der Waals surface area contributed by atoms with Crippen LogP contribution in [0.25, 0.3) is 0 Å². The predicted molar refractivity (Wildman–Crippen MR) is 77.6 cm³/mol. The van der Waals surface area contributed by atoms with Crippen molar-refractivity contribution in [1.82, 2.24) is 0 Å². The van der Waals surface area contributed by atoms with Crippen LogP contribution < -0.4 is 22.5 Å². The number of hydrogen-bond acceptors (Lipinski definition) is 4. The van der Waals surface area contributed by atoms with Crippen molar-refractivity contribution in [1.29, 1.82) is 0 Å². The fourth-order valence-corrected chi connectivity index (χ4v) is 1.79. The summed E-state index contributed by atoms with van der Waals surface area (Å²) in [4.78, 5) is 22.3. The number of nitrogens with one attached hydrogen (secondary N) is 1. The van der Waals surface area contributed by atoms with E-state index < -0.39 is 11.8 Å². The number of nitrogens with two attached hydrogens (primary N) is 3. The Morgan fingerprint density at radius 3 is 2.30 bits per heavy atom. The molecule has 6 heteroatoms. The molecular weight excluding hydrogens is 256 g/mol. The summed E-state index contributed by atoms with van der Waals surface area (Å²) in [5, 5.41) is 3.02. The average molecular weight is 270 g/mol. The molecule has 0 saturated heterocycles. The van der Waals surface area contributed by atoms with Gasteiger partial charge in [0.1, 0.15) is 0 Å². The molecule has 0 fully saturated rings. The van der Waals surface area contributed by atoms with Gasteiger partial charge >= 0.3 is 0 Å². The number of primary amides is 2. The van der Waals surface area contributed by atoms with Gasteiger partial charge in [0.25, 0.3) is 5.91 Å². The molecule has 0 saturated carbocycles. The van der Waals surface area contributed by atoms with Gasteiger partial charge in [0.05, 0.1) is 16.9 Å². The maximum atomic E-state index is 11.2. The van der Waals surface area contributed by atoms with E-state index >= 15 is 0 Å². The van der Waals surface area contributed by atoms with Crippen LogP contribution in [0.4, 0.5) is 17.1 Å². The van der Waals surface area contributed by atoms with E-state index in [0.717, 1.165) is 0 Å². The molecule has 2 aromatic rings. The van der Waals surface area contributed by atoms with Crippen LogP contribution in [0, 0.1) is 0 Å². The van der Waals surface area contributed by atoms with Crippen molar-refractivity contribution in [3.05, 3.63) is 53.6 Å². The van der Waals surface area contributed by atoms with E-state index in [0.29, 0.717) is 16.9 Å². The van der Waals surface area contributed by atoms with Crippen molar-refractivity contribution < 1.29 is 9.59 Å². The van der Waals surface area contributed by atoms with E-state index in [1.54, 1.807) is 42.5 Å². The number of nitrogen functional groups attached to an aromatic ring is 1. The fraction of sp³-hybridized carbons (Fsp3) is 0. The first-order valence-corrected chi connectivity index (χ1v) is 5.84. The summed E-state index contributed by atoms with van der Waals surface area (Å²) in [7, 11) is 0. The molecule has 0 aliphatic rings. The van der Waals surface area contributed by atoms with Gasteiger partial charge in [-0.1, -0.05) is 12.1 Å². The number of benzene rings is 2. The first-order valence-electron chi connectivity index (χ1n) is 5.84. The third-order valence-corrected chi connectivity index (χ3v) is 2.80. The number of carbonyl (C=O) groups excluding carboxylic acids is 2. The molecule has 20 heavy (non-hydrogen) atoms. The maximum Gasteiger partial charge on any atom is 0.250 e. The molecule has 2 aromatic carbocycles. The summed E-state index contributed by atoms with van der Waals surface area (Å²) in [6, 6.07) is 11.6. The number of anilines is 3. The lowest BCUT2D eigenvalue weighted by Crippen LogP contribution is -2.14. The highest BCUT2D eigenvalue weighted by molar-refractivity contribution is 6.01. The Hall–Kier alpha value is -3.02. The summed E-state index contributed by atoms with van der Waals surface area (Å²) in [5.41, 5.74) is 18.4. The van der Waals surface area contributed by atoms with E-state index in [1.165, 1.54) is 0 Å². The first-order chi connectivity index (χ1) is 9.49. The van der Waals surface area contributed by atoms with Crippen molar-refractivity contribution >= 4 is 28.9 Å². The Morgan fingerprint density at radius 1 is 0.950 bits per heavy atom. The molecule has 0 aliphatic heterocycles. The van der Waals surface area contributed by atoms with Crippen LogP contribution >= 0.6 is 0 Å². The number of para-hydroxylation sites is 1. The maximum absolute atomic E-state index is 11.2. The minimum absolute atomic E-state index is 0.237. The molecule has 0 spiro atoms. The molecule has 0 bridgehead atoms. The summed E-state index contributed by atoms with van der Waals surface area (Å²) in [6.45, 7) is 0. The molecule has 7 N–H and O–H groups in total. The van der Waals surface area contributed by atoms with Gasteiger partial charge < -0.3 is 22.5 Å². The molecule has 102 valence electrons. The van der Waals surface area contributed by atoms with Crippen LogP contribution in [0.1, 0.15) is 20.7 Å². The van der Waals surface area contributed by atoms with Gasteiger partial charge in [0.15, 0.2) is 0 Å². The molecule has 2 rings (SSSR count). The van der Waals surface area contributed by atoms with Crippen molar-refractivity contribution in [3.63, 3.8) is 0 Å². The SMILES string of the molecule is NC(=O)c1cccc(Nc2cccc(C(N)=O)c2N)c1. The molecule has 0 aromatic heterocycles. The largest absolute Gasteiger partial charge is 0.396 e. The third-order valence-electron chi connectivity index (χ3n) is 2.80. The summed E-state index contributed by atoms with van der Waals surface area (Å²) >= 11 is 0. The van der Waals surface area contributed by atoms with Gasteiger partial charge in [-0.05, 0) is 30.3 Å². The third kappa shape index (κ3) is 2.69. The smallest absolute Gasteiger partial charge is 0.250 e. The van der Waals surface area contributed by atoms with Crippen LogP contribution in [0.5, 0.6) is 0 Å². The molecule has 0 aliphatic carbocycles. The number of rotatable bonds is 4. The van der Waals surface area contributed by atoms with Gasteiger partial charge in [0, 0.05) is 11.3 Å². The first kappa shape index (κ1) is 13.4. The van der Waals surface area contributed by atoms with Crippen molar-refractivity contribution in [2.75, 3.05) is 11.1 Å². The summed E-state index contributed by atoms with van der Waals surface area (Å²) in [5.74, 6) is -1.12. The second kappa shape index (κ2) is 5.31. The van der Waals surface area contributed by atoms with Crippen LogP contribution in [0.2, 0.25) is 0 Å². The molecule has 6 nitrogen and oxygen atoms in total. The minimum Gasteiger partial charge on any atom is -0.396 e. The fourth-order valence-electron chi connectivity index (χ4n) is 1.79. The second-order valence-corrected chi connectivity index (χ2v) is 4.20. The highest BCUT2D eigenvalue weighted by atomic mass is 16.1. The molecule has 0 heterocycles. The quantitative estimate of drug-likeness (QED) is 0.623. The highest BCUT2D eigenvalue weighted by Crippen LogP contribution is 2.26. The molecule has 2 amide bonds. The Morgan fingerprint density at radius 2 is 1.65 bits per heavy atom. The molecule has 0 radical (unpaired) electrons. The van der Waals surface area contributed by atoms with Gasteiger partial charge in [-0.2, -0.15) is 0 Å². The van der Waals surface area contributed by atoms with Crippen LogP contribution in [-0.2, 0) is 0 Å². The standard InChI is InChI=1S/C14H14N4O2/c15-12-10(14(17)20)5-2-6-11(12)18-9-4-1-3-8(7-9)13(16)19/h1-7,18H,15H2,(H2,16,19)(H2,17,20). The van der Waals surface area contributed by atoms with E-state index in [2.05, 4.69) is 5.32 Å². The molecule has 0 atom stereocenters. The average Bonchev–Trinajstić information content (AvgIpc) is 2.41. The van der Waals surface area contributed by atoms with Crippen molar-refractivity contribution in [2.45, 2.75) is 0 Å². The van der Waals surface area contributed by atoms with Gasteiger partial charge in [-0.25, -0.2) is 0 Å². The normalized spacial score (nSPS) is 10.0. The Balaban J connectivity index is 2.35. The lowest BCUT2D eigenvalue weighted by atomic mass is 10.1. The highest BCUT2D eigenvalue weighted by Gasteiger charge is 2.10. The number of hydrogen-bond donors (Lipinski definition) is 4. The topological polar surface area (TPSA) is 124 Å². The van der Waals surface area contributed by atoms with Gasteiger partial charge in [0.2, 0.25) is 5.91 Å². The van der Waals surface area contributed by atoms with Crippen molar-refractivity contribution in [2.24, 2.45) is 11.5 Å². The second-order valence-electron chi connectivity index (χ2n) is 4.20. The lowest BCUT2D eigenvalue weighted by Gasteiger charge is -2.12. The van der Waals surface area contributed by atoms with E-state index in [4.69, 9.17) is 17.2 Å². The zero-order chi connectivity index (χ0) is 14.7. The Kier molecular flexibility index (Phi) is 3.56. The summed E-state index contributed by atoms with van der Waals surface area (Å²) in [6.07, 6.45) is 0. The monoisotopic (exact) mass is 270 g/mol. The van der Waals surface area contributed by atoms with Crippen LogP contribution in [0.15, 0.2) is 42.5 Å². The Bertz CT molecular complexity index is 683. The number of amides is 2. The Labute approximate surface area is 115 Å². The molecule has 0 unspecified atom stereocenters. The van der Waals surface area contributed by atoms with Gasteiger partial charge in [-0.15, -0.1) is 0 Å². The van der Waals surface area contributed by atoms with Crippen molar-refractivity contribution in [3.8, 4) is 0 Å². The van der Waals surface area contributed by atoms with Crippen LogP contribution in [-0.4, -0.2) is 11.8 Å². The zero-order valence-electron chi connectivity index (χ0n) is 10.6. The van der Waals surface area contributed by atoms with E-state index in [1.807, 2.05) is 0 Å². The number of carbonyl (C=O) groups is 2. The predicted octanol–water partition coefficient (Wildman–Crippen LogP) is 1.21. The van der Waals surface area contributed by atoms with E-state index in [9.17, 15) is 9.59 Å². The lowest BCUT2D eigenvalue weighted by molar-refractivity contribution is 0.0992. The summed E-state index contributed by atoms with van der Waals surface area (Å²) < 4.78 is 0. The minimum atomic E-state index is -0.600. The molecular formula is C14H14N4O2. The van der Waals surface area contributed by atoms with Crippen LogP contribution in [0.3, 0.4) is 0 Å².